The van der Waals surface area contributed by atoms with Crippen molar-refractivity contribution in [2.75, 3.05) is 11.4 Å². The van der Waals surface area contributed by atoms with Crippen LogP contribution in [0.15, 0.2) is 48.5 Å². The molecule has 0 saturated carbocycles. The minimum Gasteiger partial charge on any atom is -0.330 e. The van der Waals surface area contributed by atoms with Crippen molar-refractivity contribution in [3.63, 3.8) is 0 Å². The lowest BCUT2D eigenvalue weighted by molar-refractivity contribution is -0.136. The first kappa shape index (κ1) is 21.1. The Bertz CT molecular complexity index is 924. The molecular formula is C23H25ClN2O3. The molecule has 5 nitrogen and oxygen atoms in total. The van der Waals surface area contributed by atoms with E-state index < -0.39 is 6.04 Å². The third kappa shape index (κ3) is 4.67. The molecule has 1 aliphatic heterocycles. The van der Waals surface area contributed by atoms with Gasteiger partial charge in [0.05, 0.1) is 12.1 Å². The van der Waals surface area contributed by atoms with Crippen LogP contribution in [0.3, 0.4) is 0 Å². The molecule has 152 valence electrons. The lowest BCUT2D eigenvalue weighted by Crippen LogP contribution is -2.45. The summed E-state index contributed by atoms with van der Waals surface area (Å²) < 4.78 is 0. The molecule has 1 heterocycles. The van der Waals surface area contributed by atoms with Crippen molar-refractivity contribution in [2.45, 2.75) is 45.6 Å². The molecule has 1 saturated heterocycles. The van der Waals surface area contributed by atoms with Crippen LogP contribution in [-0.4, -0.2) is 35.2 Å². The second-order valence-corrected chi connectivity index (χ2v) is 8.06. The van der Waals surface area contributed by atoms with E-state index in [2.05, 4.69) is 13.8 Å². The SMILES string of the molecule is CC(=O)N(CCc1cccc(Cl)c1)C1CC(=O)N(c2ccc(C(C)C)cc2)C1=O. The molecule has 0 bridgehead atoms. The first-order chi connectivity index (χ1) is 13.8. The molecule has 0 N–H and O–H groups in total. The van der Waals surface area contributed by atoms with Gasteiger partial charge in [-0.15, -0.1) is 0 Å². The molecule has 1 aliphatic rings. The number of carbonyl (C=O) groups is 3. The van der Waals surface area contributed by atoms with Gasteiger partial charge in [0.2, 0.25) is 11.8 Å². The molecule has 0 radical (unpaired) electrons. The lowest BCUT2D eigenvalue weighted by Gasteiger charge is -2.26. The average molecular weight is 413 g/mol. The van der Waals surface area contributed by atoms with E-state index in [1.54, 1.807) is 18.2 Å². The zero-order valence-electron chi connectivity index (χ0n) is 16.9. The number of amides is 3. The van der Waals surface area contributed by atoms with Gasteiger partial charge < -0.3 is 4.90 Å². The van der Waals surface area contributed by atoms with Crippen LogP contribution in [0.1, 0.15) is 44.2 Å². The van der Waals surface area contributed by atoms with Gasteiger partial charge in [0.25, 0.3) is 5.91 Å². The zero-order valence-corrected chi connectivity index (χ0v) is 17.6. The highest BCUT2D eigenvalue weighted by molar-refractivity contribution is 6.30. The molecule has 0 aromatic heterocycles. The molecular weight excluding hydrogens is 388 g/mol. The van der Waals surface area contributed by atoms with Gasteiger partial charge >= 0.3 is 0 Å². The Labute approximate surface area is 176 Å². The summed E-state index contributed by atoms with van der Waals surface area (Å²) in [5, 5.41) is 0.625. The van der Waals surface area contributed by atoms with Crippen molar-refractivity contribution in [3.05, 3.63) is 64.7 Å². The molecule has 6 heteroatoms. The maximum Gasteiger partial charge on any atom is 0.257 e. The Balaban J connectivity index is 1.77. The second kappa shape index (κ2) is 8.78. The fourth-order valence-corrected chi connectivity index (χ4v) is 3.83. The highest BCUT2D eigenvalue weighted by Gasteiger charge is 2.43. The van der Waals surface area contributed by atoms with Gasteiger partial charge in [0.15, 0.2) is 0 Å². The number of hydrogen-bond donors (Lipinski definition) is 0. The molecule has 2 aromatic carbocycles. The number of hydrogen-bond acceptors (Lipinski definition) is 3. The summed E-state index contributed by atoms with van der Waals surface area (Å²) in [6.45, 7) is 5.94. The largest absolute Gasteiger partial charge is 0.330 e. The Kier molecular flexibility index (Phi) is 6.38. The third-order valence-corrected chi connectivity index (χ3v) is 5.49. The van der Waals surface area contributed by atoms with Crippen molar-refractivity contribution in [3.8, 4) is 0 Å². The number of nitrogens with zero attached hydrogens (tertiary/aromatic N) is 2. The Morgan fingerprint density at radius 1 is 1.17 bits per heavy atom. The number of rotatable bonds is 6. The van der Waals surface area contributed by atoms with E-state index >= 15 is 0 Å². The zero-order chi connectivity index (χ0) is 21.1. The maximum absolute atomic E-state index is 13.0. The predicted molar refractivity (Wildman–Crippen MR) is 114 cm³/mol. The molecule has 0 aliphatic carbocycles. The summed E-state index contributed by atoms with van der Waals surface area (Å²) in [5.41, 5.74) is 2.66. The van der Waals surface area contributed by atoms with Crippen LogP contribution >= 0.6 is 11.6 Å². The van der Waals surface area contributed by atoms with Crippen LogP contribution in [-0.2, 0) is 20.8 Å². The number of halogens is 1. The highest BCUT2D eigenvalue weighted by atomic mass is 35.5. The van der Waals surface area contributed by atoms with Crippen molar-refractivity contribution in [1.82, 2.24) is 4.90 Å². The first-order valence-corrected chi connectivity index (χ1v) is 10.1. The van der Waals surface area contributed by atoms with E-state index in [-0.39, 0.29) is 24.1 Å². The van der Waals surface area contributed by atoms with E-state index in [1.807, 2.05) is 30.3 Å². The van der Waals surface area contributed by atoms with Crippen LogP contribution in [0.4, 0.5) is 5.69 Å². The van der Waals surface area contributed by atoms with Crippen molar-refractivity contribution in [2.24, 2.45) is 0 Å². The molecule has 3 amide bonds. The Hall–Kier alpha value is -2.66. The molecule has 3 rings (SSSR count). The Morgan fingerprint density at radius 3 is 2.45 bits per heavy atom. The summed E-state index contributed by atoms with van der Waals surface area (Å²) >= 11 is 6.02. The van der Waals surface area contributed by atoms with Crippen LogP contribution in [0.5, 0.6) is 0 Å². The third-order valence-electron chi connectivity index (χ3n) is 5.25. The van der Waals surface area contributed by atoms with Crippen LogP contribution in [0.2, 0.25) is 5.02 Å². The quantitative estimate of drug-likeness (QED) is 0.668. The van der Waals surface area contributed by atoms with E-state index in [0.717, 1.165) is 11.1 Å². The number of carbonyl (C=O) groups excluding carboxylic acids is 3. The molecule has 0 spiro atoms. The van der Waals surface area contributed by atoms with Gasteiger partial charge in [-0.1, -0.05) is 49.7 Å². The van der Waals surface area contributed by atoms with E-state index in [0.29, 0.717) is 29.6 Å². The van der Waals surface area contributed by atoms with Crippen LogP contribution in [0, 0.1) is 0 Å². The maximum atomic E-state index is 13.0. The molecule has 29 heavy (non-hydrogen) atoms. The minimum atomic E-state index is -0.774. The highest BCUT2D eigenvalue weighted by Crippen LogP contribution is 2.27. The van der Waals surface area contributed by atoms with Gasteiger partial charge in [0, 0.05) is 18.5 Å². The van der Waals surface area contributed by atoms with Crippen molar-refractivity contribution < 1.29 is 14.4 Å². The summed E-state index contributed by atoms with van der Waals surface area (Å²) in [6, 6.07) is 14.1. The number of imide groups is 1. The summed E-state index contributed by atoms with van der Waals surface area (Å²) in [6.07, 6.45) is 0.557. The predicted octanol–water partition coefficient (Wildman–Crippen LogP) is 4.19. The van der Waals surface area contributed by atoms with E-state index in [4.69, 9.17) is 11.6 Å². The Morgan fingerprint density at radius 2 is 1.86 bits per heavy atom. The smallest absolute Gasteiger partial charge is 0.257 e. The lowest BCUT2D eigenvalue weighted by atomic mass is 10.0. The molecule has 2 aromatic rings. The fraction of sp³-hybridized carbons (Fsp3) is 0.348. The normalized spacial score (nSPS) is 16.6. The van der Waals surface area contributed by atoms with Gasteiger partial charge in [-0.05, 0) is 47.7 Å². The fourth-order valence-electron chi connectivity index (χ4n) is 3.61. The van der Waals surface area contributed by atoms with Crippen molar-refractivity contribution >= 4 is 35.0 Å². The van der Waals surface area contributed by atoms with E-state index in [1.165, 1.54) is 16.7 Å². The monoisotopic (exact) mass is 412 g/mol. The molecule has 1 fully saturated rings. The topological polar surface area (TPSA) is 57.7 Å². The number of anilines is 1. The van der Waals surface area contributed by atoms with Crippen LogP contribution < -0.4 is 4.90 Å². The average Bonchev–Trinajstić information content (AvgIpc) is 2.96. The molecule has 1 atom stereocenters. The van der Waals surface area contributed by atoms with Gasteiger partial charge in [-0.2, -0.15) is 0 Å². The second-order valence-electron chi connectivity index (χ2n) is 7.63. The molecule has 1 unspecified atom stereocenters. The van der Waals surface area contributed by atoms with E-state index in [9.17, 15) is 14.4 Å². The standard InChI is InChI=1S/C23H25ClN2O3/c1-15(2)18-7-9-20(10-8-18)26-22(28)14-21(23(26)29)25(16(3)27)12-11-17-5-4-6-19(24)13-17/h4-10,13,15,21H,11-12,14H2,1-3H3. The number of benzene rings is 2. The minimum absolute atomic E-state index is 0.000108. The van der Waals surface area contributed by atoms with Gasteiger partial charge in [-0.3, -0.25) is 14.4 Å². The van der Waals surface area contributed by atoms with Gasteiger partial charge in [-0.25, -0.2) is 4.90 Å². The van der Waals surface area contributed by atoms with Crippen molar-refractivity contribution in [1.29, 1.82) is 0 Å². The van der Waals surface area contributed by atoms with Gasteiger partial charge in [0.1, 0.15) is 6.04 Å². The first-order valence-electron chi connectivity index (χ1n) is 9.76. The summed E-state index contributed by atoms with van der Waals surface area (Å²) in [7, 11) is 0. The summed E-state index contributed by atoms with van der Waals surface area (Å²) in [5.74, 6) is -0.503. The summed E-state index contributed by atoms with van der Waals surface area (Å²) in [4.78, 5) is 40.6. The van der Waals surface area contributed by atoms with Crippen LogP contribution in [0.25, 0.3) is 0 Å².